The Hall–Kier alpha value is -3.44. The molecular weight excluding hydrogens is 378 g/mol. The number of carbonyl (C=O) groups is 1. The monoisotopic (exact) mass is 395 g/mol. The summed E-state index contributed by atoms with van der Waals surface area (Å²) < 4.78 is 1.67. The third-order valence-electron chi connectivity index (χ3n) is 4.00. The summed E-state index contributed by atoms with van der Waals surface area (Å²) >= 11 is 6.26. The van der Waals surface area contributed by atoms with Gasteiger partial charge in [0.15, 0.2) is 0 Å². The molecule has 3 aromatic rings. The highest BCUT2D eigenvalue weighted by Crippen LogP contribution is 2.27. The Balaban J connectivity index is 1.80. The number of halogens is 1. The number of nitriles is 1. The Kier molecular flexibility index (Phi) is 5.87. The lowest BCUT2D eigenvalue weighted by Gasteiger charge is -2.10. The van der Waals surface area contributed by atoms with E-state index in [2.05, 4.69) is 25.7 Å². The number of rotatable bonds is 6. The standard InChI is InChI=1S/C19H18ClN7O/c1-3-14(8-21)24-18(28)13-6-4-12(5-7-13)17-16(20)10-22-19(26-17)25-15-9-23-27(2)11-15/h4-7,9-11,14H,3H2,1-2H3,(H,24,28)(H,22,25,26)/t14-/m0/s1. The predicted octanol–water partition coefficient (Wildman–Crippen LogP) is 3.31. The van der Waals surface area contributed by atoms with Gasteiger partial charge in [-0.05, 0) is 18.6 Å². The van der Waals surface area contributed by atoms with Gasteiger partial charge in [-0.15, -0.1) is 0 Å². The van der Waals surface area contributed by atoms with Crippen LogP contribution in [0.5, 0.6) is 0 Å². The highest BCUT2D eigenvalue weighted by molar-refractivity contribution is 6.32. The third-order valence-corrected chi connectivity index (χ3v) is 4.27. The van der Waals surface area contributed by atoms with E-state index >= 15 is 0 Å². The quantitative estimate of drug-likeness (QED) is 0.662. The van der Waals surface area contributed by atoms with E-state index in [0.29, 0.717) is 28.6 Å². The first kappa shape index (κ1) is 19.3. The summed E-state index contributed by atoms with van der Waals surface area (Å²) in [5.74, 6) is 0.0849. The van der Waals surface area contributed by atoms with Gasteiger partial charge < -0.3 is 10.6 Å². The minimum atomic E-state index is -0.510. The number of nitrogens with one attached hydrogen (secondary N) is 2. The second-order valence-corrected chi connectivity index (χ2v) is 6.47. The Morgan fingerprint density at radius 2 is 2.07 bits per heavy atom. The molecule has 28 heavy (non-hydrogen) atoms. The van der Waals surface area contributed by atoms with Crippen molar-refractivity contribution >= 4 is 29.1 Å². The second-order valence-electron chi connectivity index (χ2n) is 6.06. The van der Waals surface area contributed by atoms with Crippen molar-refractivity contribution in [1.82, 2.24) is 25.1 Å². The van der Waals surface area contributed by atoms with Crippen LogP contribution >= 0.6 is 11.6 Å². The van der Waals surface area contributed by atoms with Crippen molar-refractivity contribution in [3.63, 3.8) is 0 Å². The minimum absolute atomic E-state index is 0.298. The summed E-state index contributed by atoms with van der Waals surface area (Å²) in [4.78, 5) is 20.9. The summed E-state index contributed by atoms with van der Waals surface area (Å²) in [6.07, 6.45) is 5.53. The number of benzene rings is 1. The van der Waals surface area contributed by atoms with E-state index < -0.39 is 6.04 Å². The number of hydrogen-bond acceptors (Lipinski definition) is 6. The van der Waals surface area contributed by atoms with Crippen molar-refractivity contribution < 1.29 is 4.79 Å². The van der Waals surface area contributed by atoms with Crippen LogP contribution < -0.4 is 10.6 Å². The van der Waals surface area contributed by atoms with E-state index in [9.17, 15) is 4.79 Å². The fourth-order valence-corrected chi connectivity index (χ4v) is 2.69. The van der Waals surface area contributed by atoms with Crippen LogP contribution in [-0.2, 0) is 7.05 Å². The molecule has 0 unspecified atom stereocenters. The van der Waals surface area contributed by atoms with Crippen LogP contribution in [0.4, 0.5) is 11.6 Å². The third kappa shape index (κ3) is 4.45. The fourth-order valence-electron chi connectivity index (χ4n) is 2.49. The maximum absolute atomic E-state index is 12.2. The SMILES string of the molecule is CC[C@@H](C#N)NC(=O)c1ccc(-c2nc(Nc3cnn(C)c3)ncc2Cl)cc1. The molecule has 0 saturated heterocycles. The molecule has 0 fully saturated rings. The number of aryl methyl sites for hydroxylation is 1. The Morgan fingerprint density at radius 1 is 1.32 bits per heavy atom. The van der Waals surface area contributed by atoms with Crippen molar-refractivity contribution in [1.29, 1.82) is 5.26 Å². The van der Waals surface area contributed by atoms with E-state index in [1.165, 1.54) is 6.20 Å². The predicted molar refractivity (Wildman–Crippen MR) is 106 cm³/mol. The first-order chi connectivity index (χ1) is 13.5. The summed E-state index contributed by atoms with van der Waals surface area (Å²) in [6, 6.07) is 8.38. The maximum Gasteiger partial charge on any atom is 0.252 e. The van der Waals surface area contributed by atoms with Crippen LogP contribution in [0.3, 0.4) is 0 Å². The molecule has 0 bridgehead atoms. The molecular formula is C19H18ClN7O. The van der Waals surface area contributed by atoms with Crippen molar-refractivity contribution in [2.75, 3.05) is 5.32 Å². The molecule has 9 heteroatoms. The molecule has 1 aromatic carbocycles. The van der Waals surface area contributed by atoms with Gasteiger partial charge in [-0.25, -0.2) is 9.97 Å². The lowest BCUT2D eigenvalue weighted by molar-refractivity contribution is 0.0944. The molecule has 0 aliphatic carbocycles. The normalized spacial score (nSPS) is 11.5. The van der Waals surface area contributed by atoms with E-state index in [-0.39, 0.29) is 5.91 Å². The lowest BCUT2D eigenvalue weighted by Crippen LogP contribution is -2.33. The smallest absolute Gasteiger partial charge is 0.252 e. The second kappa shape index (κ2) is 8.50. The van der Waals surface area contributed by atoms with Gasteiger partial charge in [0.2, 0.25) is 5.95 Å². The molecule has 8 nitrogen and oxygen atoms in total. The van der Waals surface area contributed by atoms with Gasteiger partial charge in [0, 0.05) is 24.4 Å². The number of nitrogens with zero attached hydrogens (tertiary/aromatic N) is 5. The first-order valence-electron chi connectivity index (χ1n) is 8.59. The van der Waals surface area contributed by atoms with Gasteiger partial charge in [-0.1, -0.05) is 30.7 Å². The Bertz CT molecular complexity index is 1020. The van der Waals surface area contributed by atoms with Crippen molar-refractivity contribution in [2.24, 2.45) is 7.05 Å². The van der Waals surface area contributed by atoms with Crippen LogP contribution in [0.1, 0.15) is 23.7 Å². The largest absolute Gasteiger partial charge is 0.336 e. The number of aromatic nitrogens is 4. The van der Waals surface area contributed by atoms with Crippen LogP contribution in [0, 0.1) is 11.3 Å². The molecule has 0 spiro atoms. The van der Waals surface area contributed by atoms with Gasteiger partial charge in [0.25, 0.3) is 5.91 Å². The molecule has 0 aliphatic rings. The molecule has 1 amide bonds. The highest BCUT2D eigenvalue weighted by atomic mass is 35.5. The van der Waals surface area contributed by atoms with Gasteiger partial charge in [0.05, 0.1) is 34.9 Å². The molecule has 0 radical (unpaired) electrons. The van der Waals surface area contributed by atoms with Gasteiger partial charge in [0.1, 0.15) is 6.04 Å². The van der Waals surface area contributed by atoms with Crippen LogP contribution in [0.25, 0.3) is 11.3 Å². The average Bonchev–Trinajstić information content (AvgIpc) is 3.12. The van der Waals surface area contributed by atoms with E-state index in [1.807, 2.05) is 20.0 Å². The Morgan fingerprint density at radius 3 is 2.68 bits per heavy atom. The van der Waals surface area contributed by atoms with Gasteiger partial charge in [-0.2, -0.15) is 10.4 Å². The number of anilines is 2. The fraction of sp³-hybridized carbons (Fsp3) is 0.211. The van der Waals surface area contributed by atoms with E-state index in [0.717, 1.165) is 11.3 Å². The molecule has 0 aliphatic heterocycles. The topological polar surface area (TPSA) is 109 Å². The van der Waals surface area contributed by atoms with Gasteiger partial charge >= 0.3 is 0 Å². The summed E-state index contributed by atoms with van der Waals surface area (Å²) in [6.45, 7) is 1.84. The highest BCUT2D eigenvalue weighted by Gasteiger charge is 2.13. The zero-order valence-electron chi connectivity index (χ0n) is 15.3. The summed E-state index contributed by atoms with van der Waals surface area (Å²) in [7, 11) is 1.82. The molecule has 2 N–H and O–H groups in total. The molecule has 142 valence electrons. The molecule has 1 atom stereocenters. The van der Waals surface area contributed by atoms with Crippen LogP contribution in [0.15, 0.2) is 42.9 Å². The van der Waals surface area contributed by atoms with Crippen LogP contribution in [0.2, 0.25) is 5.02 Å². The van der Waals surface area contributed by atoms with E-state index in [4.69, 9.17) is 16.9 Å². The number of hydrogen-bond donors (Lipinski definition) is 2. The zero-order chi connectivity index (χ0) is 20.1. The molecule has 2 aromatic heterocycles. The molecule has 2 heterocycles. The molecule has 0 saturated carbocycles. The average molecular weight is 396 g/mol. The van der Waals surface area contributed by atoms with Crippen molar-refractivity contribution in [2.45, 2.75) is 19.4 Å². The first-order valence-corrected chi connectivity index (χ1v) is 8.97. The van der Waals surface area contributed by atoms with Crippen LogP contribution in [-0.4, -0.2) is 31.7 Å². The zero-order valence-corrected chi connectivity index (χ0v) is 16.1. The molecule has 3 rings (SSSR count). The number of carbonyl (C=O) groups excluding carboxylic acids is 1. The lowest BCUT2D eigenvalue weighted by atomic mass is 10.1. The summed E-state index contributed by atoms with van der Waals surface area (Å²) in [5.41, 5.74) is 2.49. The number of amides is 1. The van der Waals surface area contributed by atoms with Crippen molar-refractivity contribution in [3.05, 3.63) is 53.4 Å². The maximum atomic E-state index is 12.2. The van der Waals surface area contributed by atoms with Gasteiger partial charge in [-0.3, -0.25) is 9.48 Å². The minimum Gasteiger partial charge on any atom is -0.336 e. The van der Waals surface area contributed by atoms with E-state index in [1.54, 1.807) is 41.3 Å². The Labute approximate surface area is 167 Å². The summed E-state index contributed by atoms with van der Waals surface area (Å²) in [5, 5.41) is 19.2. The van der Waals surface area contributed by atoms with Crippen molar-refractivity contribution in [3.8, 4) is 17.3 Å².